The molecule has 0 bridgehead atoms. The van der Waals surface area contributed by atoms with Gasteiger partial charge in [-0.3, -0.25) is 6.29 Å². The SMILES string of the molecule is CO[C@@H]1O[C@H]([C@H](O)C[C-]=O)[C@H]2OC(C)(C)O[C@@H]12.[C-]#[O+].[CH]1[CH][CH][CH][CH]1.[Fe+2].c1ccc(P(c2ccccc2)c2ccccc2)cc1. The molecule has 5 atom stereocenters. The van der Waals surface area contributed by atoms with E-state index in [1.165, 1.54) is 23.0 Å². The summed E-state index contributed by atoms with van der Waals surface area (Å²) in [5, 5.41) is 14.0. The zero-order valence-electron chi connectivity index (χ0n) is 24.8. The second-order valence-electron chi connectivity index (χ2n) is 9.99. The first kappa shape index (κ1) is 38.0. The molecule has 7 nitrogen and oxygen atoms in total. The summed E-state index contributed by atoms with van der Waals surface area (Å²) in [4.78, 5) is 10.3. The molecular weight excluding hydrogens is 619 g/mol. The van der Waals surface area contributed by atoms with Gasteiger partial charge < -0.3 is 28.8 Å². The van der Waals surface area contributed by atoms with Crippen LogP contribution in [0.25, 0.3) is 0 Å². The zero-order valence-corrected chi connectivity index (χ0v) is 26.8. The van der Waals surface area contributed by atoms with Crippen LogP contribution in [-0.4, -0.2) is 55.0 Å². The molecule has 0 spiro atoms. The first-order valence-electron chi connectivity index (χ1n) is 13.8. The molecule has 44 heavy (non-hydrogen) atoms. The molecule has 1 saturated carbocycles. The second-order valence-corrected chi connectivity index (χ2v) is 12.2. The van der Waals surface area contributed by atoms with Crippen LogP contribution in [0.4, 0.5) is 0 Å². The van der Waals surface area contributed by atoms with Gasteiger partial charge in [0, 0.05) is 7.11 Å². The first-order valence-corrected chi connectivity index (χ1v) is 15.2. The summed E-state index contributed by atoms with van der Waals surface area (Å²) >= 11 is 0. The molecule has 2 aliphatic heterocycles. The average molecular weight is 656 g/mol. The van der Waals surface area contributed by atoms with E-state index in [0.29, 0.717) is 0 Å². The van der Waals surface area contributed by atoms with Gasteiger partial charge in [0.15, 0.2) is 12.1 Å². The van der Waals surface area contributed by atoms with Crippen molar-refractivity contribution in [3.63, 3.8) is 0 Å². The summed E-state index contributed by atoms with van der Waals surface area (Å²) in [6.07, 6.45) is 8.54. The zero-order chi connectivity index (χ0) is 31.1. The van der Waals surface area contributed by atoms with Crippen LogP contribution in [0.5, 0.6) is 0 Å². The van der Waals surface area contributed by atoms with E-state index in [4.69, 9.17) is 23.6 Å². The predicted octanol–water partition coefficient (Wildman–Crippen LogP) is 4.16. The summed E-state index contributed by atoms with van der Waals surface area (Å²) in [5.41, 5.74) is 0. The van der Waals surface area contributed by atoms with E-state index in [2.05, 4.69) is 97.6 Å². The van der Waals surface area contributed by atoms with Crippen molar-refractivity contribution in [3.05, 3.63) is 130 Å². The van der Waals surface area contributed by atoms with Crippen molar-refractivity contribution in [2.45, 2.75) is 56.8 Å². The standard InChI is InChI=1S/C18H15P.C11H17O6.C5H5.CO.Fe/c1-4-10-16(11-5-1)19(17-12-6-2-7-13-17)18-14-8-3-9-15-18;1-11(2)16-8-7(6(13)4-5-12)15-10(14-3)9(8)17-11;1-2-4-5-3-1;1-2;/h1-15H;6-10,13H,4H2,1-3H3;1-5H;;/q;-1;;;+2/t;6-,7-,8-,9-,10-;;;/m.1.../s1. The van der Waals surface area contributed by atoms with E-state index in [0.717, 1.165) is 0 Å². The Morgan fingerprint density at radius 3 is 1.57 bits per heavy atom. The molecule has 2 heterocycles. The van der Waals surface area contributed by atoms with Crippen LogP contribution < -0.4 is 15.9 Å². The van der Waals surface area contributed by atoms with E-state index in [9.17, 15) is 9.90 Å². The van der Waals surface area contributed by atoms with Crippen LogP contribution in [0.1, 0.15) is 20.3 Å². The number of fused-ring (bicyclic) bond motifs is 1. The maximum absolute atomic E-state index is 10.3. The van der Waals surface area contributed by atoms with Crippen molar-refractivity contribution in [2.75, 3.05) is 7.11 Å². The summed E-state index contributed by atoms with van der Waals surface area (Å²) in [5.74, 6) is -0.737. The second kappa shape index (κ2) is 20.0. The van der Waals surface area contributed by atoms with Crippen LogP contribution in [-0.2, 0) is 45.5 Å². The Kier molecular flexibility index (Phi) is 17.3. The Labute approximate surface area is 273 Å². The monoisotopic (exact) mass is 656 g/mol. The molecule has 0 unspecified atom stereocenters. The van der Waals surface area contributed by atoms with E-state index in [-0.39, 0.29) is 29.6 Å². The van der Waals surface area contributed by atoms with Crippen molar-refractivity contribution >= 4 is 30.1 Å². The fourth-order valence-electron chi connectivity index (χ4n) is 4.79. The third kappa shape index (κ3) is 11.0. The Bertz CT molecular complexity index is 1110. The van der Waals surface area contributed by atoms with Crippen LogP contribution in [0.2, 0.25) is 0 Å². The molecule has 9 heteroatoms. The van der Waals surface area contributed by atoms with Gasteiger partial charge >= 0.3 is 28.4 Å². The molecule has 0 amide bonds. The Morgan fingerprint density at radius 1 is 0.818 bits per heavy atom. The van der Waals surface area contributed by atoms with Crippen molar-refractivity contribution in [1.29, 1.82) is 0 Å². The van der Waals surface area contributed by atoms with Crippen LogP contribution >= 0.6 is 7.92 Å². The number of aliphatic hydroxyl groups excluding tert-OH is 1. The molecular formula is C35H37FeO7P+. The molecule has 1 aliphatic carbocycles. The van der Waals surface area contributed by atoms with Crippen LogP contribution in [0.3, 0.4) is 0 Å². The van der Waals surface area contributed by atoms with Gasteiger partial charge in [0.2, 0.25) is 0 Å². The number of benzene rings is 3. The topological polar surface area (TPSA) is 94.1 Å². The quantitative estimate of drug-likeness (QED) is 0.178. The van der Waals surface area contributed by atoms with Crippen molar-refractivity contribution in [2.24, 2.45) is 0 Å². The average Bonchev–Trinajstić information content (AvgIpc) is 3.79. The van der Waals surface area contributed by atoms with Crippen LogP contribution in [0.15, 0.2) is 91.0 Å². The Hall–Kier alpha value is -2.18. The van der Waals surface area contributed by atoms with E-state index >= 15 is 0 Å². The van der Waals surface area contributed by atoms with Crippen molar-refractivity contribution in [1.82, 2.24) is 0 Å². The third-order valence-electron chi connectivity index (χ3n) is 6.55. The third-order valence-corrected chi connectivity index (χ3v) is 8.99. The minimum Gasteiger partial charge on any atom is -0.0622 e. The summed E-state index contributed by atoms with van der Waals surface area (Å²) < 4.78 is 29.4. The van der Waals surface area contributed by atoms with Gasteiger partial charge in [-0.15, -0.1) is 6.42 Å². The predicted molar refractivity (Wildman–Crippen MR) is 166 cm³/mol. The summed E-state index contributed by atoms with van der Waals surface area (Å²) in [6, 6.07) is 32.3. The number of hydrogen-bond acceptors (Lipinski definition) is 6. The van der Waals surface area contributed by atoms with Gasteiger partial charge in [0.25, 0.3) is 0 Å². The molecule has 1 N–H and O–H groups in total. The molecule has 3 fully saturated rings. The molecule has 3 aromatic rings. The number of methoxy groups -OCH3 is 1. The number of carbonyl (C=O) groups excluding carboxylic acids is 1. The minimum atomic E-state index is -0.961. The molecule has 5 radical (unpaired) electrons. The number of aliphatic hydroxyl groups is 1. The fourth-order valence-corrected chi connectivity index (χ4v) is 7.10. The molecule has 231 valence electrons. The number of ether oxygens (including phenoxy) is 4. The van der Waals surface area contributed by atoms with Gasteiger partial charge in [-0.2, -0.15) is 0 Å². The van der Waals surface area contributed by atoms with Crippen molar-refractivity contribution in [3.8, 4) is 0 Å². The van der Waals surface area contributed by atoms with Gasteiger partial charge in [-0.1, -0.05) is 91.0 Å². The molecule has 6 rings (SSSR count). The van der Waals surface area contributed by atoms with Gasteiger partial charge in [-0.05, 0) is 69.8 Å². The molecule has 2 saturated heterocycles. The van der Waals surface area contributed by atoms with E-state index in [1.54, 1.807) is 20.1 Å². The van der Waals surface area contributed by atoms with Crippen LogP contribution in [0, 0.1) is 38.8 Å². The largest absolute Gasteiger partial charge is 2.00 e. The Balaban J connectivity index is 0.000000249. The molecule has 3 aliphatic rings. The maximum atomic E-state index is 10.3. The smallest absolute Gasteiger partial charge is 0.0622 e. The van der Waals surface area contributed by atoms with E-state index < -0.39 is 38.3 Å². The van der Waals surface area contributed by atoms with Gasteiger partial charge in [-0.25, -0.2) is 0 Å². The van der Waals surface area contributed by atoms with E-state index in [1.807, 2.05) is 32.1 Å². The van der Waals surface area contributed by atoms with Crippen molar-refractivity contribution < 1.29 is 50.6 Å². The maximum Gasteiger partial charge on any atom is 2.00 e. The minimum absolute atomic E-state index is 0. The summed E-state index contributed by atoms with van der Waals surface area (Å²) in [7, 11) is 1.05. The molecule has 3 aromatic carbocycles. The van der Waals surface area contributed by atoms with Gasteiger partial charge in [0.1, 0.15) is 18.3 Å². The number of hydrogen-bond donors (Lipinski definition) is 1. The molecule has 0 aromatic heterocycles. The number of rotatable bonds is 7. The normalized spacial score (nSPS) is 23.2. The Morgan fingerprint density at radius 2 is 1.20 bits per heavy atom. The summed E-state index contributed by atoms with van der Waals surface area (Å²) in [6.45, 7) is 8.07. The van der Waals surface area contributed by atoms with Gasteiger partial charge in [0.05, 0.1) is 6.10 Å². The fraction of sp³-hybridized carbons (Fsp3) is 0.286. The first-order chi connectivity index (χ1) is 20.9.